The van der Waals surface area contributed by atoms with Crippen LogP contribution >= 0.6 is 0 Å². The monoisotopic (exact) mass is 326 g/mol. The van der Waals surface area contributed by atoms with Gasteiger partial charge in [-0.05, 0) is 44.2 Å². The third kappa shape index (κ3) is 3.90. The van der Waals surface area contributed by atoms with Crippen LogP contribution in [0.5, 0.6) is 0 Å². The summed E-state index contributed by atoms with van der Waals surface area (Å²) in [6, 6.07) is 6.53. The average molecular weight is 326 g/mol. The van der Waals surface area contributed by atoms with Gasteiger partial charge in [-0.3, -0.25) is 4.98 Å². The zero-order valence-corrected chi connectivity index (χ0v) is 14.8. The third-order valence-corrected chi connectivity index (χ3v) is 4.72. The quantitative estimate of drug-likeness (QED) is 0.813. The summed E-state index contributed by atoms with van der Waals surface area (Å²) < 4.78 is 5.33. The molecule has 1 saturated carbocycles. The van der Waals surface area contributed by atoms with Crippen LogP contribution < -0.4 is 4.90 Å². The first-order valence-electron chi connectivity index (χ1n) is 8.69. The number of ether oxygens (including phenoxy) is 1. The van der Waals surface area contributed by atoms with Crippen molar-refractivity contribution in [2.24, 2.45) is 5.92 Å². The van der Waals surface area contributed by atoms with Crippen molar-refractivity contribution < 1.29 is 4.74 Å². The van der Waals surface area contributed by atoms with E-state index in [4.69, 9.17) is 9.72 Å². The maximum atomic E-state index is 5.33. The largest absolute Gasteiger partial charge is 0.383 e. The summed E-state index contributed by atoms with van der Waals surface area (Å²) in [5, 5.41) is 0. The Bertz CT molecular complexity index is 662. The number of nitrogens with zero attached hydrogens (tertiary/aromatic N) is 4. The Kier molecular flexibility index (Phi) is 5.41. The van der Waals surface area contributed by atoms with Crippen LogP contribution in [0.4, 0.5) is 5.82 Å². The molecule has 2 atom stereocenters. The summed E-state index contributed by atoms with van der Waals surface area (Å²) in [7, 11) is 1.75. The van der Waals surface area contributed by atoms with Gasteiger partial charge in [0.1, 0.15) is 5.82 Å². The topological polar surface area (TPSA) is 51.1 Å². The highest BCUT2D eigenvalue weighted by molar-refractivity contribution is 5.57. The molecule has 24 heavy (non-hydrogen) atoms. The molecule has 1 fully saturated rings. The van der Waals surface area contributed by atoms with Gasteiger partial charge in [0, 0.05) is 49.4 Å². The van der Waals surface area contributed by atoms with E-state index < -0.39 is 0 Å². The van der Waals surface area contributed by atoms with Crippen LogP contribution in [0, 0.1) is 12.8 Å². The lowest BCUT2D eigenvalue weighted by molar-refractivity contribution is 0.202. The molecule has 2 aromatic rings. The Hall–Kier alpha value is -2.01. The van der Waals surface area contributed by atoms with Gasteiger partial charge in [0.25, 0.3) is 0 Å². The molecule has 5 heteroatoms. The van der Waals surface area contributed by atoms with E-state index in [1.54, 1.807) is 19.5 Å². The summed E-state index contributed by atoms with van der Waals surface area (Å²) >= 11 is 0. The van der Waals surface area contributed by atoms with Crippen LogP contribution in [-0.4, -0.2) is 41.3 Å². The lowest BCUT2D eigenvalue weighted by Crippen LogP contribution is -2.37. The molecule has 0 saturated heterocycles. The van der Waals surface area contributed by atoms with Crippen LogP contribution in [0.15, 0.2) is 30.6 Å². The first-order valence-corrected chi connectivity index (χ1v) is 8.69. The molecular formula is C19H26N4O. The number of pyridine rings is 1. The van der Waals surface area contributed by atoms with Crippen molar-refractivity contribution >= 4 is 5.82 Å². The van der Waals surface area contributed by atoms with Gasteiger partial charge in [0.2, 0.25) is 0 Å². The molecule has 0 aromatic carbocycles. The van der Waals surface area contributed by atoms with Gasteiger partial charge in [0.15, 0.2) is 5.82 Å². The Morgan fingerprint density at radius 3 is 2.67 bits per heavy atom. The maximum absolute atomic E-state index is 5.33. The standard InChI is InChI=1S/C19H26N4O/c1-14-4-5-17(12-14)23(10-11-24-3)18-13-15(2)21-19(22-18)16-6-8-20-9-7-16/h6-9,13-14,17H,4-5,10-12H2,1-3H3. The fraction of sp³-hybridized carbons (Fsp3) is 0.526. The second-order valence-corrected chi connectivity index (χ2v) is 6.69. The van der Waals surface area contributed by atoms with Crippen LogP contribution in [0.1, 0.15) is 31.9 Å². The number of anilines is 1. The maximum Gasteiger partial charge on any atom is 0.161 e. The minimum Gasteiger partial charge on any atom is -0.383 e. The minimum absolute atomic E-state index is 0.537. The van der Waals surface area contributed by atoms with Crippen molar-refractivity contribution in [3.8, 4) is 11.4 Å². The smallest absolute Gasteiger partial charge is 0.161 e. The van der Waals surface area contributed by atoms with Crippen molar-refractivity contribution in [3.05, 3.63) is 36.3 Å². The van der Waals surface area contributed by atoms with Crippen LogP contribution in [0.25, 0.3) is 11.4 Å². The Morgan fingerprint density at radius 2 is 2.00 bits per heavy atom. The van der Waals surface area contributed by atoms with Crippen molar-refractivity contribution in [2.75, 3.05) is 25.2 Å². The first kappa shape index (κ1) is 16.8. The zero-order chi connectivity index (χ0) is 16.9. The number of hydrogen-bond donors (Lipinski definition) is 0. The molecule has 0 aliphatic heterocycles. The molecule has 2 aromatic heterocycles. The van der Waals surface area contributed by atoms with Gasteiger partial charge < -0.3 is 9.64 Å². The summed E-state index contributed by atoms with van der Waals surface area (Å²) in [5.41, 5.74) is 1.99. The highest BCUT2D eigenvalue weighted by Crippen LogP contribution is 2.32. The Morgan fingerprint density at radius 1 is 1.21 bits per heavy atom. The van der Waals surface area contributed by atoms with E-state index in [9.17, 15) is 0 Å². The number of methoxy groups -OCH3 is 1. The summed E-state index contributed by atoms with van der Waals surface area (Å²) in [5.74, 6) is 2.55. The number of aromatic nitrogens is 3. The summed E-state index contributed by atoms with van der Waals surface area (Å²) in [4.78, 5) is 16.0. The highest BCUT2D eigenvalue weighted by atomic mass is 16.5. The fourth-order valence-electron chi connectivity index (χ4n) is 3.46. The van der Waals surface area contributed by atoms with Crippen molar-refractivity contribution in [1.29, 1.82) is 0 Å². The van der Waals surface area contributed by atoms with E-state index >= 15 is 0 Å². The molecule has 5 nitrogen and oxygen atoms in total. The van der Waals surface area contributed by atoms with Gasteiger partial charge >= 0.3 is 0 Å². The molecule has 2 unspecified atom stereocenters. The van der Waals surface area contributed by atoms with Crippen LogP contribution in [0.3, 0.4) is 0 Å². The lowest BCUT2D eigenvalue weighted by Gasteiger charge is -2.30. The molecule has 0 N–H and O–H groups in total. The fourth-order valence-corrected chi connectivity index (χ4v) is 3.46. The molecule has 1 aliphatic rings. The zero-order valence-electron chi connectivity index (χ0n) is 14.8. The SMILES string of the molecule is COCCN(c1cc(C)nc(-c2ccncc2)n1)C1CCC(C)C1. The van der Waals surface area contributed by atoms with Gasteiger partial charge in [0.05, 0.1) is 6.61 Å². The van der Waals surface area contributed by atoms with E-state index in [0.29, 0.717) is 12.6 Å². The summed E-state index contributed by atoms with van der Waals surface area (Å²) in [6.45, 7) is 5.93. The number of hydrogen-bond acceptors (Lipinski definition) is 5. The Labute approximate surface area is 144 Å². The van der Waals surface area contributed by atoms with E-state index in [1.165, 1.54) is 19.3 Å². The van der Waals surface area contributed by atoms with Crippen molar-refractivity contribution in [2.45, 2.75) is 39.2 Å². The minimum atomic E-state index is 0.537. The summed E-state index contributed by atoms with van der Waals surface area (Å²) in [6.07, 6.45) is 7.29. The highest BCUT2D eigenvalue weighted by Gasteiger charge is 2.28. The predicted octanol–water partition coefficient (Wildman–Crippen LogP) is 3.49. The molecule has 0 bridgehead atoms. The molecule has 0 radical (unpaired) electrons. The molecule has 0 amide bonds. The van der Waals surface area contributed by atoms with Gasteiger partial charge in [-0.2, -0.15) is 0 Å². The van der Waals surface area contributed by atoms with Crippen molar-refractivity contribution in [1.82, 2.24) is 15.0 Å². The van der Waals surface area contributed by atoms with E-state index in [0.717, 1.165) is 35.4 Å². The van der Waals surface area contributed by atoms with E-state index in [1.807, 2.05) is 19.1 Å². The van der Waals surface area contributed by atoms with Gasteiger partial charge in [-0.1, -0.05) is 6.92 Å². The van der Waals surface area contributed by atoms with Crippen molar-refractivity contribution in [3.63, 3.8) is 0 Å². The second-order valence-electron chi connectivity index (χ2n) is 6.69. The predicted molar refractivity (Wildman–Crippen MR) is 96.0 cm³/mol. The molecule has 2 heterocycles. The van der Waals surface area contributed by atoms with Crippen LogP contribution in [-0.2, 0) is 4.74 Å². The number of aryl methyl sites for hydroxylation is 1. The lowest BCUT2D eigenvalue weighted by atomic mass is 10.1. The normalized spacial score (nSPS) is 20.3. The van der Waals surface area contributed by atoms with Gasteiger partial charge in [-0.25, -0.2) is 9.97 Å². The van der Waals surface area contributed by atoms with E-state index in [2.05, 4.69) is 27.9 Å². The second kappa shape index (κ2) is 7.71. The molecule has 128 valence electrons. The molecule has 1 aliphatic carbocycles. The molecule has 3 rings (SSSR count). The molecular weight excluding hydrogens is 300 g/mol. The third-order valence-electron chi connectivity index (χ3n) is 4.72. The first-order chi connectivity index (χ1) is 11.7. The Balaban J connectivity index is 1.93. The van der Waals surface area contributed by atoms with Gasteiger partial charge in [-0.15, -0.1) is 0 Å². The molecule has 0 spiro atoms. The number of rotatable bonds is 6. The average Bonchev–Trinajstić information content (AvgIpc) is 3.02. The van der Waals surface area contributed by atoms with E-state index in [-0.39, 0.29) is 0 Å². The van der Waals surface area contributed by atoms with Crippen LogP contribution in [0.2, 0.25) is 0 Å².